The lowest BCUT2D eigenvalue weighted by molar-refractivity contribution is 0.0715. The van der Waals surface area contributed by atoms with Gasteiger partial charge in [-0.2, -0.15) is 0 Å². The molecule has 1 amide bonds. The average molecular weight is 369 g/mol. The largest absolute Gasteiger partial charge is 0.331 e. The van der Waals surface area contributed by atoms with Crippen molar-refractivity contribution in [3.05, 3.63) is 84.2 Å². The Morgan fingerprint density at radius 1 is 0.821 bits per heavy atom. The van der Waals surface area contributed by atoms with Crippen molar-refractivity contribution in [1.29, 1.82) is 0 Å². The highest BCUT2D eigenvalue weighted by molar-refractivity contribution is 5.95. The molecule has 4 heteroatoms. The minimum Gasteiger partial charge on any atom is -0.331 e. The van der Waals surface area contributed by atoms with Crippen LogP contribution in [0.15, 0.2) is 72.8 Å². The first-order chi connectivity index (χ1) is 13.6. The Morgan fingerprint density at radius 2 is 1.43 bits per heavy atom. The van der Waals surface area contributed by atoms with E-state index in [1.807, 2.05) is 71.6 Å². The molecule has 0 bridgehead atoms. The Bertz CT molecular complexity index is 1140. The number of amides is 1. The molecule has 4 nitrogen and oxygen atoms in total. The maximum atomic E-state index is 13.2. The quantitative estimate of drug-likeness (QED) is 0.493. The highest BCUT2D eigenvalue weighted by Crippen LogP contribution is 2.17. The van der Waals surface area contributed by atoms with Gasteiger partial charge in [0.25, 0.3) is 5.91 Å². The molecule has 0 spiro atoms. The predicted octanol–water partition coefficient (Wildman–Crippen LogP) is 5.08. The monoisotopic (exact) mass is 369 g/mol. The molecule has 0 atom stereocenters. The summed E-state index contributed by atoms with van der Waals surface area (Å²) in [4.78, 5) is 24.4. The lowest BCUT2D eigenvalue weighted by atomic mass is 10.1. The molecule has 0 fully saturated rings. The summed E-state index contributed by atoms with van der Waals surface area (Å²) < 4.78 is 0. The van der Waals surface area contributed by atoms with Gasteiger partial charge in [-0.05, 0) is 30.2 Å². The number of carbonyl (C=O) groups is 1. The summed E-state index contributed by atoms with van der Waals surface area (Å²) in [6, 6.07) is 23.7. The van der Waals surface area contributed by atoms with Crippen LogP contribution < -0.4 is 0 Å². The van der Waals surface area contributed by atoms with Gasteiger partial charge in [-0.15, -0.1) is 0 Å². The zero-order chi connectivity index (χ0) is 19.5. The van der Waals surface area contributed by atoms with E-state index >= 15 is 0 Å². The van der Waals surface area contributed by atoms with Crippen LogP contribution in [0.5, 0.6) is 0 Å². The zero-order valence-corrected chi connectivity index (χ0v) is 16.2. The normalized spacial score (nSPS) is 11.2. The smallest absolute Gasteiger partial charge is 0.272 e. The fraction of sp³-hybridized carbons (Fsp3) is 0.208. The summed E-state index contributed by atoms with van der Waals surface area (Å²) >= 11 is 0. The molecule has 0 N–H and O–H groups in total. The summed E-state index contributed by atoms with van der Waals surface area (Å²) in [5.41, 5.74) is 3.14. The van der Waals surface area contributed by atoms with Gasteiger partial charge in [0.05, 0.1) is 23.3 Å². The SMILES string of the molecule is CC(C)CN(Cc1ccc2ccccc2n1)C(=O)c1ccc2ccccc2n1. The van der Waals surface area contributed by atoms with Gasteiger partial charge in [-0.25, -0.2) is 4.98 Å². The highest BCUT2D eigenvalue weighted by atomic mass is 16.2. The first-order valence-corrected chi connectivity index (χ1v) is 9.60. The fourth-order valence-corrected chi connectivity index (χ4v) is 3.40. The number of hydrogen-bond donors (Lipinski definition) is 0. The van der Waals surface area contributed by atoms with E-state index in [-0.39, 0.29) is 5.91 Å². The molecule has 0 radical (unpaired) electrons. The van der Waals surface area contributed by atoms with Crippen LogP contribution in [0.3, 0.4) is 0 Å². The third-order valence-electron chi connectivity index (χ3n) is 4.70. The number of rotatable bonds is 5. The Labute approximate surface area is 164 Å². The van der Waals surface area contributed by atoms with Crippen LogP contribution in [-0.4, -0.2) is 27.3 Å². The number of hydrogen-bond acceptors (Lipinski definition) is 3. The van der Waals surface area contributed by atoms with Gasteiger partial charge < -0.3 is 4.90 Å². The van der Waals surface area contributed by atoms with Crippen LogP contribution in [-0.2, 0) is 6.54 Å². The van der Waals surface area contributed by atoms with Gasteiger partial charge in [-0.3, -0.25) is 9.78 Å². The topological polar surface area (TPSA) is 46.1 Å². The molecule has 0 saturated heterocycles. The van der Waals surface area contributed by atoms with E-state index in [9.17, 15) is 4.79 Å². The number of carbonyl (C=O) groups excluding carboxylic acids is 1. The van der Waals surface area contributed by atoms with Crippen LogP contribution in [0.25, 0.3) is 21.8 Å². The Balaban J connectivity index is 1.64. The molecule has 0 aliphatic heterocycles. The molecule has 140 valence electrons. The van der Waals surface area contributed by atoms with Crippen molar-refractivity contribution in [2.24, 2.45) is 5.92 Å². The number of nitrogens with zero attached hydrogens (tertiary/aromatic N) is 3. The summed E-state index contributed by atoms with van der Waals surface area (Å²) in [6.07, 6.45) is 0. The van der Waals surface area contributed by atoms with Crippen molar-refractivity contribution < 1.29 is 4.79 Å². The average Bonchev–Trinajstić information content (AvgIpc) is 2.72. The molecule has 4 rings (SSSR count). The number of benzene rings is 2. The molecule has 4 aromatic rings. The maximum absolute atomic E-state index is 13.2. The van der Waals surface area contributed by atoms with Gasteiger partial charge in [0, 0.05) is 17.3 Å². The highest BCUT2D eigenvalue weighted by Gasteiger charge is 2.19. The first kappa shape index (κ1) is 18.1. The third-order valence-corrected chi connectivity index (χ3v) is 4.70. The Hall–Kier alpha value is -3.27. The van der Waals surface area contributed by atoms with Gasteiger partial charge in [0.1, 0.15) is 5.69 Å². The van der Waals surface area contributed by atoms with Crippen molar-refractivity contribution in [1.82, 2.24) is 14.9 Å². The second-order valence-electron chi connectivity index (χ2n) is 7.46. The van der Waals surface area contributed by atoms with Gasteiger partial charge in [0.15, 0.2) is 0 Å². The summed E-state index contributed by atoms with van der Waals surface area (Å²) in [7, 11) is 0. The van der Waals surface area contributed by atoms with Crippen LogP contribution in [0, 0.1) is 5.92 Å². The van der Waals surface area contributed by atoms with E-state index in [0.29, 0.717) is 24.7 Å². The third kappa shape index (κ3) is 3.86. The van der Waals surface area contributed by atoms with Crippen molar-refractivity contribution in [3.63, 3.8) is 0 Å². The molecule has 28 heavy (non-hydrogen) atoms. The second kappa shape index (κ2) is 7.77. The molecular formula is C24H23N3O. The lowest BCUT2D eigenvalue weighted by Gasteiger charge is -2.24. The standard InChI is InChI=1S/C24H23N3O/c1-17(2)15-27(16-20-13-11-18-7-3-5-9-21(18)25-20)24(28)23-14-12-19-8-4-6-10-22(19)26-23/h3-14,17H,15-16H2,1-2H3. The van der Waals surface area contributed by atoms with E-state index in [4.69, 9.17) is 4.98 Å². The molecule has 2 heterocycles. The van der Waals surface area contributed by atoms with Crippen molar-refractivity contribution in [3.8, 4) is 0 Å². The van der Waals surface area contributed by atoms with E-state index in [2.05, 4.69) is 24.9 Å². The second-order valence-corrected chi connectivity index (χ2v) is 7.46. The van der Waals surface area contributed by atoms with Crippen LogP contribution >= 0.6 is 0 Å². The zero-order valence-electron chi connectivity index (χ0n) is 16.2. The summed E-state index contributed by atoms with van der Waals surface area (Å²) in [5.74, 6) is 0.291. The van der Waals surface area contributed by atoms with Crippen LogP contribution in [0.1, 0.15) is 30.0 Å². The Morgan fingerprint density at radius 3 is 2.11 bits per heavy atom. The van der Waals surface area contributed by atoms with Crippen molar-refractivity contribution in [2.75, 3.05) is 6.54 Å². The van der Waals surface area contributed by atoms with Crippen molar-refractivity contribution >= 4 is 27.7 Å². The molecule has 2 aromatic heterocycles. The van der Waals surface area contributed by atoms with Gasteiger partial charge in [0.2, 0.25) is 0 Å². The maximum Gasteiger partial charge on any atom is 0.272 e. The molecule has 0 aliphatic rings. The molecule has 0 aliphatic carbocycles. The summed E-state index contributed by atoms with van der Waals surface area (Å²) in [6.45, 7) is 5.35. The van der Waals surface area contributed by atoms with Gasteiger partial charge >= 0.3 is 0 Å². The number of fused-ring (bicyclic) bond motifs is 2. The van der Waals surface area contributed by atoms with Gasteiger partial charge in [-0.1, -0.05) is 62.4 Å². The van der Waals surface area contributed by atoms with Crippen LogP contribution in [0.2, 0.25) is 0 Å². The number of aromatic nitrogens is 2. The Kier molecular flexibility index (Phi) is 5.02. The molecule has 0 saturated carbocycles. The van der Waals surface area contributed by atoms with Crippen molar-refractivity contribution in [2.45, 2.75) is 20.4 Å². The van der Waals surface area contributed by atoms with E-state index in [0.717, 1.165) is 27.5 Å². The fourth-order valence-electron chi connectivity index (χ4n) is 3.40. The van der Waals surface area contributed by atoms with E-state index in [1.54, 1.807) is 0 Å². The summed E-state index contributed by atoms with van der Waals surface area (Å²) in [5, 5.41) is 2.13. The molecular weight excluding hydrogens is 346 g/mol. The molecule has 0 unspecified atom stereocenters. The van der Waals surface area contributed by atoms with E-state index < -0.39 is 0 Å². The van der Waals surface area contributed by atoms with E-state index in [1.165, 1.54) is 0 Å². The minimum absolute atomic E-state index is 0.0607. The predicted molar refractivity (Wildman–Crippen MR) is 113 cm³/mol. The first-order valence-electron chi connectivity index (χ1n) is 9.60. The lowest BCUT2D eigenvalue weighted by Crippen LogP contribution is -2.34. The minimum atomic E-state index is -0.0607. The molecule has 2 aromatic carbocycles. The number of para-hydroxylation sites is 2. The van der Waals surface area contributed by atoms with Crippen LogP contribution in [0.4, 0.5) is 0 Å². The number of pyridine rings is 2.